The monoisotopic (exact) mass is 117 g/mol. The molecule has 0 radical (unpaired) electrons. The van der Waals surface area contributed by atoms with E-state index in [0.29, 0.717) is 0 Å². The van der Waals surface area contributed by atoms with Gasteiger partial charge in [-0.15, -0.1) is 0 Å². The zero-order chi connectivity index (χ0) is 3.58. The van der Waals surface area contributed by atoms with Crippen molar-refractivity contribution in [3.63, 3.8) is 0 Å². The Bertz CT molecular complexity index is 33.8. The van der Waals surface area contributed by atoms with Gasteiger partial charge in [0, 0.05) is 0 Å². The molecular weight excluding hydrogens is 113 g/mol. The number of hydrogen-bond donors (Lipinski definition) is 2. The Morgan fingerprint density at radius 2 is 1.67 bits per heavy atom. The molecule has 0 unspecified atom stereocenters. The summed E-state index contributed by atoms with van der Waals surface area (Å²) in [5, 5.41) is 0. The van der Waals surface area contributed by atoms with Crippen molar-refractivity contribution in [2.24, 2.45) is 0 Å². The smallest absolute Gasteiger partial charge is 0.604 e. The molecule has 6 heteroatoms. The van der Waals surface area contributed by atoms with Crippen LogP contribution in [0.2, 0.25) is 0 Å². The molecule has 0 spiro atoms. The van der Waals surface area contributed by atoms with Gasteiger partial charge < -0.3 is 20.2 Å². The fraction of sp³-hybridized carbons (Fsp3) is 0. The molecule has 0 saturated carbocycles. The second-order valence-corrected chi connectivity index (χ2v) is 0.798. The maximum atomic E-state index is 8.63. The maximum Gasteiger partial charge on any atom is 1.00 e. The molecule has 0 saturated heterocycles. The van der Waals surface area contributed by atoms with E-state index < -0.39 is 9.17 Å². The van der Waals surface area contributed by atoms with E-state index in [1.165, 1.54) is 0 Å². The summed E-state index contributed by atoms with van der Waals surface area (Å²) in [6, 6.07) is 0. The minimum atomic E-state index is -3.38. The van der Waals surface area contributed by atoms with Crippen molar-refractivity contribution in [3.8, 4) is 0 Å². The van der Waals surface area contributed by atoms with Gasteiger partial charge in [0.1, 0.15) is 0 Å². The van der Waals surface area contributed by atoms with Gasteiger partial charge in [-0.05, 0) is 0 Å². The molecule has 0 heterocycles. The average Bonchev–Trinajstić information content (AvgIpc) is 0.811. The van der Waals surface area contributed by atoms with Crippen LogP contribution in [0.5, 0.6) is 0 Å². The zero-order valence-electron chi connectivity index (χ0n) is 3.47. The molecule has 0 aliphatic heterocycles. The van der Waals surface area contributed by atoms with E-state index in [-0.39, 0.29) is 35.7 Å². The van der Waals surface area contributed by atoms with E-state index in [1.54, 1.807) is 0 Å². The van der Waals surface area contributed by atoms with Crippen LogP contribution in [-0.4, -0.2) is 14.0 Å². The summed E-state index contributed by atoms with van der Waals surface area (Å²) in [7, 11) is -3.38. The largest absolute Gasteiger partial charge is 1.00 e. The van der Waals surface area contributed by atoms with Crippen LogP contribution >= 0.6 is 0 Å². The minimum Gasteiger partial charge on any atom is -0.604 e. The van der Waals surface area contributed by atoms with Crippen LogP contribution in [0.3, 0.4) is 0 Å². The van der Waals surface area contributed by atoms with E-state index >= 15 is 0 Å². The standard InChI is InChI=1S/H3N.Na.HO3Si/c;;1-4(2)3/h1H3;;1H/q;+1;-1. The Morgan fingerprint density at radius 1 is 1.67 bits per heavy atom. The first kappa shape index (κ1) is 16.0. The molecule has 4 N–H and O–H groups in total. The topological polar surface area (TPSA) is 95.4 Å². The van der Waals surface area contributed by atoms with Crippen LogP contribution in [-0.2, 0) is 4.46 Å². The number of rotatable bonds is 0. The van der Waals surface area contributed by atoms with Crippen LogP contribution < -0.4 is 40.5 Å². The molecule has 0 bridgehead atoms. The third-order valence-electron chi connectivity index (χ3n) is 0. The van der Waals surface area contributed by atoms with Crippen molar-refractivity contribution in [3.05, 3.63) is 0 Å². The Kier molecular flexibility index (Phi) is 24.3. The van der Waals surface area contributed by atoms with Crippen molar-refractivity contribution >= 4 is 9.17 Å². The molecular formula is H4NNaO3Si. The molecule has 32 valence electrons. The minimum absolute atomic E-state index is 0. The van der Waals surface area contributed by atoms with Crippen molar-refractivity contribution < 1.29 is 43.6 Å². The van der Waals surface area contributed by atoms with Gasteiger partial charge in [0.25, 0.3) is 0 Å². The Morgan fingerprint density at radius 3 is 1.67 bits per heavy atom. The van der Waals surface area contributed by atoms with Gasteiger partial charge in [-0.1, -0.05) is 0 Å². The third kappa shape index (κ3) is 176. The van der Waals surface area contributed by atoms with E-state index in [9.17, 15) is 0 Å². The van der Waals surface area contributed by atoms with Gasteiger partial charge >= 0.3 is 38.7 Å². The Balaban J connectivity index is -0.0000000450. The summed E-state index contributed by atoms with van der Waals surface area (Å²) < 4.78 is 8.63. The van der Waals surface area contributed by atoms with E-state index in [2.05, 4.69) is 0 Å². The van der Waals surface area contributed by atoms with Crippen LogP contribution in [0.4, 0.5) is 0 Å². The third-order valence-corrected chi connectivity index (χ3v) is 0. The molecule has 0 fully saturated rings. The Hall–Kier alpha value is 0.577. The first-order chi connectivity index (χ1) is 1.73. The van der Waals surface area contributed by atoms with Crippen molar-refractivity contribution in [2.75, 3.05) is 0 Å². The zero-order valence-corrected chi connectivity index (χ0v) is 6.47. The van der Waals surface area contributed by atoms with Crippen molar-refractivity contribution in [1.82, 2.24) is 6.15 Å². The van der Waals surface area contributed by atoms with Crippen molar-refractivity contribution in [2.45, 2.75) is 0 Å². The average molecular weight is 117 g/mol. The molecule has 0 aromatic rings. The van der Waals surface area contributed by atoms with Crippen LogP contribution in [0.1, 0.15) is 0 Å². The quantitative estimate of drug-likeness (QED) is 0.310. The van der Waals surface area contributed by atoms with Crippen LogP contribution in [0, 0.1) is 0 Å². The summed E-state index contributed by atoms with van der Waals surface area (Å²) in [5.74, 6) is 0. The molecule has 0 amide bonds. The fourth-order valence-corrected chi connectivity index (χ4v) is 0. The van der Waals surface area contributed by atoms with Gasteiger partial charge in [-0.25, -0.2) is 0 Å². The molecule has 0 aliphatic rings. The molecule has 6 heavy (non-hydrogen) atoms. The second kappa shape index (κ2) is 9.13. The van der Waals surface area contributed by atoms with E-state index in [0.717, 1.165) is 0 Å². The van der Waals surface area contributed by atoms with Gasteiger partial charge in [0.2, 0.25) is 0 Å². The predicted molar refractivity (Wildman–Crippen MR) is 13.7 cm³/mol. The molecule has 0 aromatic heterocycles. The molecule has 4 nitrogen and oxygen atoms in total. The fourth-order valence-electron chi connectivity index (χ4n) is 0. The first-order valence-electron chi connectivity index (χ1n) is 0.632. The molecule has 0 rings (SSSR count). The van der Waals surface area contributed by atoms with Gasteiger partial charge in [0.15, 0.2) is 0 Å². The SMILES string of the molecule is N.O=[Si]([O-])O.[Na+]. The summed E-state index contributed by atoms with van der Waals surface area (Å²) >= 11 is 0. The summed E-state index contributed by atoms with van der Waals surface area (Å²) in [5.41, 5.74) is 0. The summed E-state index contributed by atoms with van der Waals surface area (Å²) in [6.45, 7) is 0. The second-order valence-electron chi connectivity index (χ2n) is 0.266. The van der Waals surface area contributed by atoms with Gasteiger partial charge in [0.05, 0.1) is 0 Å². The molecule has 0 aromatic carbocycles. The summed E-state index contributed by atoms with van der Waals surface area (Å²) in [4.78, 5) is 15.7. The molecule has 0 atom stereocenters. The molecule has 0 aliphatic carbocycles. The van der Waals surface area contributed by atoms with Crippen LogP contribution in [0.15, 0.2) is 0 Å². The van der Waals surface area contributed by atoms with Gasteiger partial charge in [-0.2, -0.15) is 0 Å². The first-order valence-corrected chi connectivity index (χ1v) is 1.90. The normalized spacial score (nSPS) is 4.00. The van der Waals surface area contributed by atoms with Gasteiger partial charge in [-0.3, -0.25) is 0 Å². The van der Waals surface area contributed by atoms with E-state index in [4.69, 9.17) is 14.1 Å². The van der Waals surface area contributed by atoms with Crippen LogP contribution in [0.25, 0.3) is 0 Å². The summed E-state index contributed by atoms with van der Waals surface area (Å²) in [6.07, 6.45) is 0. The van der Waals surface area contributed by atoms with Crippen molar-refractivity contribution in [1.29, 1.82) is 0 Å². The predicted octanol–water partition coefficient (Wildman–Crippen LogP) is -5.08. The maximum absolute atomic E-state index is 8.63. The van der Waals surface area contributed by atoms with E-state index in [1.807, 2.05) is 0 Å². The number of hydrogen-bond acceptors (Lipinski definition) is 3. The Labute approximate surface area is 59.0 Å².